The zero-order valence-electron chi connectivity index (χ0n) is 13.8. The maximum absolute atomic E-state index is 13.6. The van der Waals surface area contributed by atoms with Crippen LogP contribution in [0.15, 0.2) is 48.5 Å². The van der Waals surface area contributed by atoms with Gasteiger partial charge in [-0.3, -0.25) is 4.79 Å². The Hall–Kier alpha value is -2.47. The smallest absolute Gasteiger partial charge is 0.253 e. The van der Waals surface area contributed by atoms with Crippen LogP contribution in [0.5, 0.6) is 0 Å². The van der Waals surface area contributed by atoms with Crippen LogP contribution in [0, 0.1) is 5.82 Å². The van der Waals surface area contributed by atoms with Crippen LogP contribution in [-0.2, 0) is 0 Å². The molecule has 25 heavy (non-hydrogen) atoms. The molecule has 0 spiro atoms. The molecular formula is C19H20FN3OS. The highest BCUT2D eigenvalue weighted by Crippen LogP contribution is 2.17. The number of nitrogens with one attached hydrogen (secondary N) is 2. The van der Waals surface area contributed by atoms with Crippen LogP contribution < -0.4 is 10.6 Å². The Balaban J connectivity index is 1.59. The number of hydrogen-bond donors (Lipinski definition) is 2. The number of anilines is 2. The molecule has 1 aliphatic rings. The molecule has 1 amide bonds. The Labute approximate surface area is 152 Å². The number of nitrogens with zero attached hydrogens (tertiary/aromatic N) is 1. The first-order valence-corrected chi connectivity index (χ1v) is 8.76. The molecule has 1 fully saturated rings. The molecule has 0 aromatic heterocycles. The van der Waals surface area contributed by atoms with Crippen molar-refractivity contribution in [2.24, 2.45) is 0 Å². The van der Waals surface area contributed by atoms with Gasteiger partial charge in [0, 0.05) is 24.3 Å². The van der Waals surface area contributed by atoms with Gasteiger partial charge in [0.1, 0.15) is 5.82 Å². The summed E-state index contributed by atoms with van der Waals surface area (Å²) >= 11 is 5.20. The minimum Gasteiger partial charge on any atom is -0.339 e. The second-order valence-electron chi connectivity index (χ2n) is 5.99. The Morgan fingerprint density at radius 3 is 2.32 bits per heavy atom. The molecule has 1 aliphatic heterocycles. The van der Waals surface area contributed by atoms with E-state index in [0.717, 1.165) is 31.6 Å². The molecule has 0 aliphatic carbocycles. The SMILES string of the molecule is O=C(c1ccc(NC(=S)Nc2ccccc2F)cc1)N1CCCCC1. The highest BCUT2D eigenvalue weighted by molar-refractivity contribution is 7.80. The van der Waals surface area contributed by atoms with Crippen LogP contribution in [0.4, 0.5) is 15.8 Å². The van der Waals surface area contributed by atoms with Crippen LogP contribution >= 0.6 is 12.2 Å². The number of para-hydroxylation sites is 1. The molecule has 0 saturated carbocycles. The van der Waals surface area contributed by atoms with Crippen LogP contribution in [0.1, 0.15) is 29.6 Å². The average Bonchev–Trinajstić information content (AvgIpc) is 2.64. The van der Waals surface area contributed by atoms with Crippen molar-refractivity contribution in [1.29, 1.82) is 0 Å². The highest BCUT2D eigenvalue weighted by atomic mass is 32.1. The molecule has 2 aromatic carbocycles. The molecule has 130 valence electrons. The first-order chi connectivity index (χ1) is 12.1. The van der Waals surface area contributed by atoms with E-state index in [4.69, 9.17) is 12.2 Å². The molecule has 4 nitrogen and oxygen atoms in total. The van der Waals surface area contributed by atoms with Crippen LogP contribution in [0.25, 0.3) is 0 Å². The summed E-state index contributed by atoms with van der Waals surface area (Å²) in [5.41, 5.74) is 1.72. The molecule has 2 N–H and O–H groups in total. The predicted octanol–water partition coefficient (Wildman–Crippen LogP) is 4.26. The van der Waals surface area contributed by atoms with Crippen molar-refractivity contribution in [3.05, 3.63) is 59.9 Å². The van der Waals surface area contributed by atoms with Gasteiger partial charge >= 0.3 is 0 Å². The zero-order chi connectivity index (χ0) is 17.6. The van der Waals surface area contributed by atoms with Crippen LogP contribution in [0.3, 0.4) is 0 Å². The van der Waals surface area contributed by atoms with E-state index in [1.165, 1.54) is 12.5 Å². The van der Waals surface area contributed by atoms with E-state index < -0.39 is 0 Å². The predicted molar refractivity (Wildman–Crippen MR) is 102 cm³/mol. The normalized spacial score (nSPS) is 14.0. The van der Waals surface area contributed by atoms with E-state index in [1.807, 2.05) is 4.90 Å². The molecule has 1 saturated heterocycles. The van der Waals surface area contributed by atoms with Crippen LogP contribution in [0.2, 0.25) is 0 Å². The van der Waals surface area contributed by atoms with Crippen molar-refractivity contribution in [1.82, 2.24) is 4.90 Å². The van der Waals surface area contributed by atoms with Gasteiger partial charge in [0.15, 0.2) is 5.11 Å². The number of likely N-dealkylation sites (tertiary alicyclic amines) is 1. The summed E-state index contributed by atoms with van der Waals surface area (Å²) < 4.78 is 13.6. The van der Waals surface area contributed by atoms with Gasteiger partial charge in [-0.2, -0.15) is 0 Å². The lowest BCUT2D eigenvalue weighted by Crippen LogP contribution is -2.35. The summed E-state index contributed by atoms with van der Waals surface area (Å²) in [6.45, 7) is 1.66. The minimum absolute atomic E-state index is 0.0679. The number of amides is 1. The number of hydrogen-bond acceptors (Lipinski definition) is 2. The second-order valence-corrected chi connectivity index (χ2v) is 6.40. The Morgan fingerprint density at radius 2 is 1.64 bits per heavy atom. The van der Waals surface area contributed by atoms with Crippen LogP contribution in [-0.4, -0.2) is 29.0 Å². The van der Waals surface area contributed by atoms with Crippen molar-refractivity contribution < 1.29 is 9.18 Å². The summed E-state index contributed by atoms with van der Waals surface area (Å²) in [6, 6.07) is 13.5. The number of halogens is 1. The van der Waals surface area contributed by atoms with Gasteiger partial charge in [-0.15, -0.1) is 0 Å². The van der Waals surface area contributed by atoms with Crippen molar-refractivity contribution in [2.45, 2.75) is 19.3 Å². The van der Waals surface area contributed by atoms with Gasteiger partial charge < -0.3 is 15.5 Å². The monoisotopic (exact) mass is 357 g/mol. The van der Waals surface area contributed by atoms with Gasteiger partial charge in [0.2, 0.25) is 0 Å². The minimum atomic E-state index is -0.367. The molecule has 1 heterocycles. The van der Waals surface area contributed by atoms with Gasteiger partial charge in [0.25, 0.3) is 5.91 Å². The summed E-state index contributed by atoms with van der Waals surface area (Å²) in [5.74, 6) is -0.299. The van der Waals surface area contributed by atoms with E-state index in [-0.39, 0.29) is 11.7 Å². The Morgan fingerprint density at radius 1 is 0.960 bits per heavy atom. The van der Waals surface area contributed by atoms with E-state index in [1.54, 1.807) is 42.5 Å². The highest BCUT2D eigenvalue weighted by Gasteiger charge is 2.17. The van der Waals surface area contributed by atoms with Crippen molar-refractivity contribution >= 4 is 34.6 Å². The van der Waals surface area contributed by atoms with Gasteiger partial charge in [-0.05, 0) is 67.9 Å². The fourth-order valence-corrected chi connectivity index (χ4v) is 3.05. The summed E-state index contributed by atoms with van der Waals surface area (Å²) in [6.07, 6.45) is 3.34. The molecule has 0 atom stereocenters. The summed E-state index contributed by atoms with van der Waals surface area (Å²) in [7, 11) is 0. The molecule has 0 unspecified atom stereocenters. The third-order valence-corrected chi connectivity index (χ3v) is 4.36. The zero-order valence-corrected chi connectivity index (χ0v) is 14.6. The van der Waals surface area contributed by atoms with Gasteiger partial charge in [-0.25, -0.2) is 4.39 Å². The van der Waals surface area contributed by atoms with Gasteiger partial charge in [0.05, 0.1) is 5.69 Å². The fourth-order valence-electron chi connectivity index (χ4n) is 2.82. The maximum Gasteiger partial charge on any atom is 0.253 e. The quantitative estimate of drug-likeness (QED) is 0.806. The van der Waals surface area contributed by atoms with Crippen molar-refractivity contribution in [3.8, 4) is 0 Å². The number of thiocarbonyl (C=S) groups is 1. The first-order valence-electron chi connectivity index (χ1n) is 8.35. The standard InChI is InChI=1S/C19H20FN3OS/c20-16-6-2-3-7-17(16)22-19(25)21-15-10-8-14(9-11-15)18(24)23-12-4-1-5-13-23/h2-3,6-11H,1,4-5,12-13H2,(H2,21,22,25). The van der Waals surface area contributed by atoms with E-state index in [2.05, 4.69) is 10.6 Å². The number of benzene rings is 2. The molecular weight excluding hydrogens is 337 g/mol. The second kappa shape index (κ2) is 8.07. The number of rotatable bonds is 3. The largest absolute Gasteiger partial charge is 0.339 e. The first kappa shape index (κ1) is 17.4. The topological polar surface area (TPSA) is 44.4 Å². The lowest BCUT2D eigenvalue weighted by molar-refractivity contribution is 0.0724. The average molecular weight is 357 g/mol. The Bertz CT molecular complexity index is 758. The summed E-state index contributed by atoms with van der Waals surface area (Å²) in [5, 5.41) is 6.10. The molecule has 0 radical (unpaired) electrons. The lowest BCUT2D eigenvalue weighted by atomic mass is 10.1. The van der Waals surface area contributed by atoms with E-state index in [0.29, 0.717) is 16.4 Å². The van der Waals surface area contributed by atoms with Crippen molar-refractivity contribution in [2.75, 3.05) is 23.7 Å². The third kappa shape index (κ3) is 4.54. The lowest BCUT2D eigenvalue weighted by Gasteiger charge is -2.26. The van der Waals surface area contributed by atoms with E-state index >= 15 is 0 Å². The molecule has 3 rings (SSSR count). The molecule has 2 aromatic rings. The number of piperidine rings is 1. The maximum atomic E-state index is 13.6. The fraction of sp³-hybridized carbons (Fsp3) is 0.263. The molecule has 6 heteroatoms. The summed E-state index contributed by atoms with van der Waals surface area (Å²) in [4.78, 5) is 14.3. The number of carbonyl (C=O) groups is 1. The van der Waals surface area contributed by atoms with Crippen molar-refractivity contribution in [3.63, 3.8) is 0 Å². The van der Waals surface area contributed by atoms with Gasteiger partial charge in [-0.1, -0.05) is 12.1 Å². The third-order valence-electron chi connectivity index (χ3n) is 4.16. The Kier molecular flexibility index (Phi) is 5.60. The number of carbonyl (C=O) groups excluding carboxylic acids is 1. The van der Waals surface area contributed by atoms with E-state index in [9.17, 15) is 9.18 Å². The molecule has 0 bridgehead atoms.